The lowest BCUT2D eigenvalue weighted by Gasteiger charge is -1.81. The Hall–Kier alpha value is -0.980. The number of aromatic nitrogens is 2. The van der Waals surface area contributed by atoms with E-state index < -0.39 is 15.2 Å². The molecule has 1 aromatic rings. The number of aryl methyl sites for hydroxylation is 1. The van der Waals surface area contributed by atoms with Crippen LogP contribution in [-0.2, 0) is 10.2 Å². The lowest BCUT2D eigenvalue weighted by molar-refractivity contribution is 0.295. The summed E-state index contributed by atoms with van der Waals surface area (Å²) in [6, 6.07) is 0. The summed E-state index contributed by atoms with van der Waals surface area (Å²) in [6.07, 6.45) is 0. The second-order valence-corrected chi connectivity index (χ2v) is 2.86. The van der Waals surface area contributed by atoms with Gasteiger partial charge in [0.25, 0.3) is 5.03 Å². The van der Waals surface area contributed by atoms with Crippen molar-refractivity contribution in [1.29, 1.82) is 0 Å². The molecule has 5 nitrogen and oxygen atoms in total. The molecule has 1 aromatic heterocycles. The van der Waals surface area contributed by atoms with Gasteiger partial charge in [-0.25, -0.2) is 4.63 Å². The van der Waals surface area contributed by atoms with E-state index in [-0.39, 0.29) is 5.69 Å². The molecular formula is C3H3FN2O3S. The Kier molecular flexibility index (Phi) is 1.43. The molecule has 0 unspecified atom stereocenters. The molecule has 0 saturated heterocycles. The zero-order chi connectivity index (χ0) is 7.78. The maximum atomic E-state index is 12.0. The average Bonchev–Trinajstić information content (AvgIpc) is 2.11. The second kappa shape index (κ2) is 2.01. The SMILES string of the molecule is Cc1nonc1S(=O)(=O)F. The molecule has 1 rings (SSSR count). The molecule has 0 fully saturated rings. The Balaban J connectivity index is 3.32. The van der Waals surface area contributed by atoms with E-state index in [1.54, 1.807) is 0 Å². The minimum Gasteiger partial charge on any atom is -0.243 e. The molecule has 0 radical (unpaired) electrons. The number of rotatable bonds is 1. The number of hydrogen-bond acceptors (Lipinski definition) is 5. The highest BCUT2D eigenvalue weighted by Crippen LogP contribution is 2.10. The van der Waals surface area contributed by atoms with Gasteiger partial charge in [-0.1, -0.05) is 9.04 Å². The molecule has 7 heteroatoms. The fraction of sp³-hybridized carbons (Fsp3) is 0.333. The summed E-state index contributed by atoms with van der Waals surface area (Å²) < 4.78 is 36.1. The van der Waals surface area contributed by atoms with Crippen LogP contribution < -0.4 is 0 Å². The maximum Gasteiger partial charge on any atom is 0.355 e. The van der Waals surface area contributed by atoms with Gasteiger partial charge >= 0.3 is 10.2 Å². The van der Waals surface area contributed by atoms with Crippen molar-refractivity contribution >= 4 is 10.2 Å². The lowest BCUT2D eigenvalue weighted by atomic mass is 10.6. The molecule has 0 amide bonds. The van der Waals surface area contributed by atoms with E-state index in [2.05, 4.69) is 14.9 Å². The standard InChI is InChI=1S/C3H3FN2O3S/c1-2-3(6-9-5-2)10(4,7)8/h1H3. The fourth-order valence-corrected chi connectivity index (χ4v) is 0.957. The van der Waals surface area contributed by atoms with E-state index in [4.69, 9.17) is 0 Å². The van der Waals surface area contributed by atoms with E-state index >= 15 is 0 Å². The van der Waals surface area contributed by atoms with Crippen LogP contribution in [0.25, 0.3) is 0 Å². The van der Waals surface area contributed by atoms with Gasteiger partial charge in [-0.15, -0.1) is 0 Å². The average molecular weight is 166 g/mol. The molecular weight excluding hydrogens is 163 g/mol. The number of nitrogens with zero attached hydrogens (tertiary/aromatic N) is 2. The van der Waals surface area contributed by atoms with Gasteiger partial charge in [0.1, 0.15) is 5.69 Å². The van der Waals surface area contributed by atoms with Crippen LogP contribution >= 0.6 is 0 Å². The Morgan fingerprint density at radius 3 is 2.30 bits per heavy atom. The molecule has 0 aliphatic carbocycles. The predicted molar refractivity (Wildman–Crippen MR) is 27.3 cm³/mol. The number of hydrogen-bond donors (Lipinski definition) is 0. The maximum absolute atomic E-state index is 12.0. The Labute approximate surface area is 56.0 Å². The van der Waals surface area contributed by atoms with Crippen LogP contribution in [0, 0.1) is 6.92 Å². The van der Waals surface area contributed by atoms with Crippen molar-refractivity contribution in [2.75, 3.05) is 0 Å². The third kappa shape index (κ3) is 1.13. The summed E-state index contributed by atoms with van der Waals surface area (Å²) in [5.74, 6) is 0. The molecule has 0 N–H and O–H groups in total. The smallest absolute Gasteiger partial charge is 0.243 e. The minimum absolute atomic E-state index is 0.0810. The van der Waals surface area contributed by atoms with Crippen molar-refractivity contribution in [3.63, 3.8) is 0 Å². The highest BCUT2D eigenvalue weighted by Gasteiger charge is 2.20. The van der Waals surface area contributed by atoms with Crippen LogP contribution in [0.4, 0.5) is 3.89 Å². The molecule has 1 heterocycles. The van der Waals surface area contributed by atoms with E-state index in [1.165, 1.54) is 6.92 Å². The van der Waals surface area contributed by atoms with E-state index in [0.717, 1.165) is 0 Å². The Bertz CT molecular complexity index is 329. The minimum atomic E-state index is -4.76. The van der Waals surface area contributed by atoms with Crippen LogP contribution in [-0.4, -0.2) is 18.7 Å². The molecule has 0 aliphatic rings. The van der Waals surface area contributed by atoms with Crippen LogP contribution in [0.2, 0.25) is 0 Å². The molecule has 0 bridgehead atoms. The summed E-state index contributed by atoms with van der Waals surface area (Å²) in [5.41, 5.74) is -0.0810. The first-order valence-corrected chi connectivity index (χ1v) is 3.64. The van der Waals surface area contributed by atoms with E-state index in [0.29, 0.717) is 0 Å². The third-order valence-electron chi connectivity index (χ3n) is 0.842. The topological polar surface area (TPSA) is 73.1 Å². The Morgan fingerprint density at radius 2 is 2.10 bits per heavy atom. The zero-order valence-corrected chi connectivity index (χ0v) is 5.72. The zero-order valence-electron chi connectivity index (χ0n) is 4.91. The molecule has 0 atom stereocenters. The normalized spacial score (nSPS) is 11.8. The largest absolute Gasteiger partial charge is 0.355 e. The highest BCUT2D eigenvalue weighted by molar-refractivity contribution is 7.86. The van der Waals surface area contributed by atoms with Gasteiger partial charge in [0.15, 0.2) is 0 Å². The van der Waals surface area contributed by atoms with Gasteiger partial charge in [-0.3, -0.25) is 0 Å². The molecule has 0 spiro atoms. The second-order valence-electron chi connectivity index (χ2n) is 1.59. The summed E-state index contributed by atoms with van der Waals surface area (Å²) in [7, 11) is -4.76. The lowest BCUT2D eigenvalue weighted by Crippen LogP contribution is -1.94. The fourth-order valence-electron chi connectivity index (χ4n) is 0.445. The van der Waals surface area contributed by atoms with Crippen LogP contribution in [0.15, 0.2) is 9.65 Å². The molecule has 0 aromatic carbocycles. The van der Waals surface area contributed by atoms with Crippen molar-refractivity contribution in [3.05, 3.63) is 5.69 Å². The molecule has 10 heavy (non-hydrogen) atoms. The summed E-state index contributed by atoms with van der Waals surface area (Å²) in [6.45, 7) is 1.28. The quantitative estimate of drug-likeness (QED) is 0.550. The first-order chi connectivity index (χ1) is 4.52. The van der Waals surface area contributed by atoms with Gasteiger partial charge in [-0.2, -0.15) is 8.42 Å². The highest BCUT2D eigenvalue weighted by atomic mass is 32.3. The van der Waals surface area contributed by atoms with Crippen molar-refractivity contribution in [3.8, 4) is 0 Å². The predicted octanol–water partition coefficient (Wildman–Crippen LogP) is 0.0362. The van der Waals surface area contributed by atoms with Crippen molar-refractivity contribution in [2.24, 2.45) is 0 Å². The summed E-state index contributed by atoms with van der Waals surface area (Å²) in [5, 5.41) is 5.16. The first kappa shape index (κ1) is 7.13. The first-order valence-electron chi connectivity index (χ1n) is 2.25. The van der Waals surface area contributed by atoms with Crippen LogP contribution in [0.3, 0.4) is 0 Å². The Morgan fingerprint density at radius 1 is 1.50 bits per heavy atom. The molecule has 56 valence electrons. The molecule has 0 aliphatic heterocycles. The van der Waals surface area contributed by atoms with Crippen molar-refractivity contribution < 1.29 is 16.9 Å². The number of halogens is 1. The van der Waals surface area contributed by atoms with Crippen molar-refractivity contribution in [2.45, 2.75) is 11.9 Å². The molecule has 0 saturated carbocycles. The van der Waals surface area contributed by atoms with Gasteiger partial charge in [0.2, 0.25) is 0 Å². The van der Waals surface area contributed by atoms with Crippen molar-refractivity contribution in [1.82, 2.24) is 10.3 Å². The van der Waals surface area contributed by atoms with Crippen LogP contribution in [0.1, 0.15) is 5.69 Å². The summed E-state index contributed by atoms with van der Waals surface area (Å²) in [4.78, 5) is 0. The monoisotopic (exact) mass is 166 g/mol. The van der Waals surface area contributed by atoms with E-state index in [1.807, 2.05) is 0 Å². The van der Waals surface area contributed by atoms with Gasteiger partial charge in [0, 0.05) is 0 Å². The third-order valence-corrected chi connectivity index (χ3v) is 1.67. The van der Waals surface area contributed by atoms with Crippen LogP contribution in [0.5, 0.6) is 0 Å². The van der Waals surface area contributed by atoms with Gasteiger partial charge < -0.3 is 0 Å². The van der Waals surface area contributed by atoms with Gasteiger partial charge in [0.05, 0.1) is 0 Å². The summed E-state index contributed by atoms with van der Waals surface area (Å²) >= 11 is 0. The van der Waals surface area contributed by atoms with Gasteiger partial charge in [-0.05, 0) is 12.1 Å². The van der Waals surface area contributed by atoms with E-state index in [9.17, 15) is 12.3 Å².